The van der Waals surface area contributed by atoms with Crippen molar-refractivity contribution in [3.8, 4) is 0 Å². The minimum Gasteiger partial charge on any atom is -0.371 e. The van der Waals surface area contributed by atoms with Crippen molar-refractivity contribution in [2.45, 2.75) is 38.6 Å². The molecule has 0 radical (unpaired) electrons. The van der Waals surface area contributed by atoms with Gasteiger partial charge < -0.3 is 10.2 Å². The first-order valence-corrected chi connectivity index (χ1v) is 7.24. The molecular formula is C15H21N3O3. The molecule has 0 unspecified atom stereocenters. The Morgan fingerprint density at radius 1 is 1.33 bits per heavy atom. The molecule has 2 rings (SSSR count). The Labute approximate surface area is 124 Å². The van der Waals surface area contributed by atoms with E-state index in [0.717, 1.165) is 38.0 Å². The smallest absolute Gasteiger partial charge is 0.269 e. The van der Waals surface area contributed by atoms with Crippen molar-refractivity contribution in [1.29, 1.82) is 0 Å². The maximum Gasteiger partial charge on any atom is 0.269 e. The summed E-state index contributed by atoms with van der Waals surface area (Å²) in [4.78, 5) is 23.8. The predicted octanol–water partition coefficient (Wildman–Crippen LogP) is 2.48. The maximum absolute atomic E-state index is 11.3. The first-order chi connectivity index (χ1) is 9.96. The van der Waals surface area contributed by atoms with Gasteiger partial charge in [0.25, 0.3) is 5.69 Å². The second-order valence-electron chi connectivity index (χ2n) is 5.58. The lowest BCUT2D eigenvalue weighted by molar-refractivity contribution is -0.384. The van der Waals surface area contributed by atoms with E-state index >= 15 is 0 Å². The number of hydrogen-bond acceptors (Lipinski definition) is 4. The average molecular weight is 291 g/mol. The second-order valence-corrected chi connectivity index (χ2v) is 5.58. The molecule has 1 aromatic carbocycles. The Bertz CT molecular complexity index is 519. The number of amides is 1. The van der Waals surface area contributed by atoms with Gasteiger partial charge in [-0.1, -0.05) is 6.92 Å². The van der Waals surface area contributed by atoms with E-state index in [1.807, 2.05) is 0 Å². The van der Waals surface area contributed by atoms with Crippen molar-refractivity contribution >= 4 is 17.3 Å². The molecule has 6 nitrogen and oxygen atoms in total. The standard InChI is InChI=1S/C15H21N3O3/c1-3-15(16-12(2)19)8-10-17(11-9-15)13-4-6-14(7-5-13)18(20)21/h4-7H,3,8-11H2,1-2H3,(H,16,19). The van der Waals surface area contributed by atoms with Gasteiger partial charge in [-0.05, 0) is 31.4 Å². The van der Waals surface area contributed by atoms with Gasteiger partial charge in [-0.2, -0.15) is 0 Å². The summed E-state index contributed by atoms with van der Waals surface area (Å²) in [5, 5.41) is 13.8. The highest BCUT2D eigenvalue weighted by molar-refractivity contribution is 5.73. The number of nitro groups is 1. The fraction of sp³-hybridized carbons (Fsp3) is 0.533. The zero-order valence-electron chi connectivity index (χ0n) is 12.5. The van der Waals surface area contributed by atoms with E-state index in [9.17, 15) is 14.9 Å². The van der Waals surface area contributed by atoms with Gasteiger partial charge in [-0.3, -0.25) is 14.9 Å². The zero-order chi connectivity index (χ0) is 15.5. The van der Waals surface area contributed by atoms with Crippen molar-refractivity contribution in [1.82, 2.24) is 5.32 Å². The number of nitrogens with zero attached hydrogens (tertiary/aromatic N) is 2. The van der Waals surface area contributed by atoms with Crippen molar-refractivity contribution in [2.75, 3.05) is 18.0 Å². The van der Waals surface area contributed by atoms with E-state index < -0.39 is 4.92 Å². The van der Waals surface area contributed by atoms with Crippen LogP contribution in [0.4, 0.5) is 11.4 Å². The third-order valence-corrected chi connectivity index (χ3v) is 4.26. The van der Waals surface area contributed by atoms with Crippen LogP contribution in [0.15, 0.2) is 24.3 Å². The molecule has 0 spiro atoms. The molecule has 1 heterocycles. The molecular weight excluding hydrogens is 270 g/mol. The lowest BCUT2D eigenvalue weighted by atomic mass is 9.84. The molecule has 0 atom stereocenters. The summed E-state index contributed by atoms with van der Waals surface area (Å²) in [5.41, 5.74) is 0.994. The summed E-state index contributed by atoms with van der Waals surface area (Å²) < 4.78 is 0. The SMILES string of the molecule is CCC1(NC(C)=O)CCN(c2ccc([N+](=O)[O-])cc2)CC1. The van der Waals surface area contributed by atoms with E-state index in [1.165, 1.54) is 12.1 Å². The largest absolute Gasteiger partial charge is 0.371 e. The maximum atomic E-state index is 11.3. The van der Waals surface area contributed by atoms with Crippen LogP contribution in [0.25, 0.3) is 0 Å². The lowest BCUT2D eigenvalue weighted by Gasteiger charge is -2.42. The van der Waals surface area contributed by atoms with Crippen LogP contribution < -0.4 is 10.2 Å². The highest BCUT2D eigenvalue weighted by Crippen LogP contribution is 2.29. The minimum absolute atomic E-state index is 0.0145. The quantitative estimate of drug-likeness (QED) is 0.683. The molecule has 1 aromatic rings. The van der Waals surface area contributed by atoms with Crippen LogP contribution >= 0.6 is 0 Å². The first-order valence-electron chi connectivity index (χ1n) is 7.24. The Morgan fingerprint density at radius 2 is 1.90 bits per heavy atom. The molecule has 1 amide bonds. The summed E-state index contributed by atoms with van der Waals surface area (Å²) in [6.45, 7) is 5.33. The molecule has 0 aliphatic carbocycles. The minimum atomic E-state index is -0.390. The number of non-ortho nitro benzene ring substituents is 1. The Balaban J connectivity index is 2.03. The normalized spacial score (nSPS) is 17.3. The Hall–Kier alpha value is -2.11. The molecule has 0 bridgehead atoms. The van der Waals surface area contributed by atoms with E-state index in [4.69, 9.17) is 0 Å². The molecule has 6 heteroatoms. The van der Waals surface area contributed by atoms with Crippen molar-refractivity contribution < 1.29 is 9.72 Å². The highest BCUT2D eigenvalue weighted by Gasteiger charge is 2.33. The third kappa shape index (κ3) is 3.51. The Kier molecular flexibility index (Phi) is 4.45. The van der Waals surface area contributed by atoms with Gasteiger partial charge in [-0.25, -0.2) is 0 Å². The monoisotopic (exact) mass is 291 g/mol. The fourth-order valence-corrected chi connectivity index (χ4v) is 2.92. The number of piperidine rings is 1. The average Bonchev–Trinajstić information content (AvgIpc) is 2.47. The topological polar surface area (TPSA) is 75.5 Å². The summed E-state index contributed by atoms with van der Waals surface area (Å²) in [6, 6.07) is 6.64. The number of hydrogen-bond donors (Lipinski definition) is 1. The van der Waals surface area contributed by atoms with Crippen LogP contribution in [0.5, 0.6) is 0 Å². The van der Waals surface area contributed by atoms with Crippen LogP contribution in [0.1, 0.15) is 33.1 Å². The molecule has 1 saturated heterocycles. The van der Waals surface area contributed by atoms with Crippen LogP contribution in [-0.2, 0) is 4.79 Å². The molecule has 1 fully saturated rings. The number of carbonyl (C=O) groups is 1. The number of nitro benzene ring substituents is 1. The first kappa shape index (κ1) is 15.3. The van der Waals surface area contributed by atoms with E-state index in [1.54, 1.807) is 19.1 Å². The lowest BCUT2D eigenvalue weighted by Crippen LogP contribution is -2.54. The summed E-state index contributed by atoms with van der Waals surface area (Å²) in [7, 11) is 0. The van der Waals surface area contributed by atoms with Gasteiger partial charge in [0, 0.05) is 43.4 Å². The molecule has 0 saturated carbocycles. The molecule has 1 aliphatic rings. The number of anilines is 1. The van der Waals surface area contributed by atoms with Gasteiger partial charge in [0.15, 0.2) is 0 Å². The van der Waals surface area contributed by atoms with Crippen molar-refractivity contribution in [3.05, 3.63) is 34.4 Å². The van der Waals surface area contributed by atoms with E-state index in [2.05, 4.69) is 17.1 Å². The number of nitrogens with one attached hydrogen (secondary N) is 1. The van der Waals surface area contributed by atoms with Gasteiger partial charge in [-0.15, -0.1) is 0 Å². The van der Waals surface area contributed by atoms with Gasteiger partial charge in [0.05, 0.1) is 4.92 Å². The Morgan fingerprint density at radius 3 is 2.33 bits per heavy atom. The van der Waals surface area contributed by atoms with Crippen molar-refractivity contribution in [2.24, 2.45) is 0 Å². The molecule has 114 valence electrons. The summed E-state index contributed by atoms with van der Waals surface area (Å²) >= 11 is 0. The van der Waals surface area contributed by atoms with E-state index in [-0.39, 0.29) is 17.1 Å². The van der Waals surface area contributed by atoms with Crippen LogP contribution in [-0.4, -0.2) is 29.5 Å². The van der Waals surface area contributed by atoms with Gasteiger partial charge in [0.2, 0.25) is 5.91 Å². The highest BCUT2D eigenvalue weighted by atomic mass is 16.6. The predicted molar refractivity (Wildman–Crippen MR) is 81.4 cm³/mol. The summed E-state index contributed by atoms with van der Waals surface area (Å²) in [6.07, 6.45) is 2.70. The van der Waals surface area contributed by atoms with Crippen molar-refractivity contribution in [3.63, 3.8) is 0 Å². The van der Waals surface area contributed by atoms with Crippen LogP contribution in [0.2, 0.25) is 0 Å². The fourth-order valence-electron chi connectivity index (χ4n) is 2.92. The molecule has 21 heavy (non-hydrogen) atoms. The van der Waals surface area contributed by atoms with Crippen LogP contribution in [0, 0.1) is 10.1 Å². The molecule has 1 N–H and O–H groups in total. The third-order valence-electron chi connectivity index (χ3n) is 4.26. The van der Waals surface area contributed by atoms with E-state index in [0.29, 0.717) is 0 Å². The van der Waals surface area contributed by atoms with Gasteiger partial charge >= 0.3 is 0 Å². The number of benzene rings is 1. The summed E-state index contributed by atoms with van der Waals surface area (Å²) in [5.74, 6) is 0.0145. The van der Waals surface area contributed by atoms with Crippen LogP contribution in [0.3, 0.4) is 0 Å². The zero-order valence-corrected chi connectivity index (χ0v) is 12.5. The molecule has 1 aliphatic heterocycles. The number of rotatable bonds is 4. The number of carbonyl (C=O) groups excluding carboxylic acids is 1. The van der Waals surface area contributed by atoms with Gasteiger partial charge in [0.1, 0.15) is 0 Å². The molecule has 0 aromatic heterocycles. The second kappa shape index (κ2) is 6.11.